The average Bonchev–Trinajstić information content (AvgIpc) is 2.70. The molecule has 17 heavy (non-hydrogen) atoms. The van der Waals surface area contributed by atoms with Gasteiger partial charge in [-0.15, -0.1) is 0 Å². The lowest BCUT2D eigenvalue weighted by molar-refractivity contribution is -0.122. The van der Waals surface area contributed by atoms with Gasteiger partial charge in [-0.25, -0.2) is 0 Å². The highest BCUT2D eigenvalue weighted by atomic mass is 32.2. The van der Waals surface area contributed by atoms with Crippen molar-refractivity contribution < 1.29 is 4.79 Å². The van der Waals surface area contributed by atoms with Crippen LogP contribution >= 0.6 is 11.8 Å². The second kappa shape index (κ2) is 6.64. The van der Waals surface area contributed by atoms with Crippen molar-refractivity contribution in [2.75, 3.05) is 18.8 Å². The van der Waals surface area contributed by atoms with Crippen LogP contribution in [0.2, 0.25) is 0 Å². The average molecular weight is 258 g/mol. The maximum atomic E-state index is 11.8. The van der Waals surface area contributed by atoms with Gasteiger partial charge in [0.25, 0.3) is 0 Å². The van der Waals surface area contributed by atoms with Crippen molar-refractivity contribution in [3.8, 4) is 0 Å². The number of amides is 1. The summed E-state index contributed by atoms with van der Waals surface area (Å²) in [6, 6.07) is -0.0909. The summed E-state index contributed by atoms with van der Waals surface area (Å²) in [5, 5.41) is 6.32. The van der Waals surface area contributed by atoms with E-state index >= 15 is 0 Å². The Morgan fingerprint density at radius 3 is 2.65 bits per heavy atom. The highest BCUT2D eigenvalue weighted by molar-refractivity contribution is 8.00. The van der Waals surface area contributed by atoms with Gasteiger partial charge in [0.15, 0.2) is 0 Å². The Morgan fingerprint density at radius 2 is 2.12 bits per heavy atom. The lowest BCUT2D eigenvalue weighted by atomic mass is 10.1. The molecule has 1 aliphatic heterocycles. The van der Waals surface area contributed by atoms with E-state index in [1.165, 1.54) is 18.6 Å². The Morgan fingerprint density at radius 1 is 1.41 bits per heavy atom. The Hall–Kier alpha value is -0.220. The molecule has 0 radical (unpaired) electrons. The molecule has 1 saturated heterocycles. The minimum atomic E-state index is -0.0909. The zero-order chi connectivity index (χ0) is 12.9. The molecular weight excluding hydrogens is 232 g/mol. The van der Waals surface area contributed by atoms with E-state index in [4.69, 9.17) is 0 Å². The second-order valence-corrected chi connectivity index (χ2v) is 7.33. The van der Waals surface area contributed by atoms with E-state index in [-0.39, 0.29) is 11.9 Å². The highest BCUT2D eigenvalue weighted by Gasteiger charge is 2.30. The normalized spacial score (nSPS) is 26.2. The molecule has 100 valence electrons. The summed E-state index contributed by atoms with van der Waals surface area (Å²) in [6.45, 7) is 10.1. The fourth-order valence-corrected chi connectivity index (χ4v) is 3.15. The summed E-state index contributed by atoms with van der Waals surface area (Å²) < 4.78 is 0.326. The predicted octanol–water partition coefficient (Wildman–Crippen LogP) is 2.02. The standard InChI is InChI=1S/C13H26N2OS/c1-10(2)8-14-12(16)11(3)15-9-13(4)6-5-7-17-13/h10-11,15H,5-9H2,1-4H3,(H,14,16). The van der Waals surface area contributed by atoms with Gasteiger partial charge in [0.2, 0.25) is 5.91 Å². The minimum Gasteiger partial charge on any atom is -0.354 e. The van der Waals surface area contributed by atoms with E-state index in [9.17, 15) is 4.79 Å². The summed E-state index contributed by atoms with van der Waals surface area (Å²) in [5.41, 5.74) is 0. The first-order valence-electron chi connectivity index (χ1n) is 6.58. The fraction of sp³-hybridized carbons (Fsp3) is 0.923. The van der Waals surface area contributed by atoms with Crippen LogP contribution in [0.15, 0.2) is 0 Å². The summed E-state index contributed by atoms with van der Waals surface area (Å²) in [7, 11) is 0. The number of hydrogen-bond acceptors (Lipinski definition) is 3. The molecule has 1 fully saturated rings. The molecule has 2 unspecified atom stereocenters. The van der Waals surface area contributed by atoms with Crippen molar-refractivity contribution in [1.29, 1.82) is 0 Å². The van der Waals surface area contributed by atoms with E-state index in [1.807, 2.05) is 18.7 Å². The van der Waals surface area contributed by atoms with Crippen LogP contribution in [0.1, 0.15) is 40.5 Å². The molecule has 0 spiro atoms. The lowest BCUT2D eigenvalue weighted by Crippen LogP contribution is -2.47. The molecule has 0 saturated carbocycles. The molecule has 0 aromatic carbocycles. The van der Waals surface area contributed by atoms with Crippen LogP contribution in [0.3, 0.4) is 0 Å². The fourth-order valence-electron chi connectivity index (χ4n) is 1.90. The van der Waals surface area contributed by atoms with Gasteiger partial charge in [0, 0.05) is 17.8 Å². The molecule has 0 aromatic heterocycles. The Kier molecular flexibility index (Phi) is 5.80. The predicted molar refractivity (Wildman–Crippen MR) is 75.4 cm³/mol. The van der Waals surface area contributed by atoms with E-state index < -0.39 is 0 Å². The van der Waals surface area contributed by atoms with E-state index in [0.29, 0.717) is 10.7 Å². The summed E-state index contributed by atoms with van der Waals surface area (Å²) in [4.78, 5) is 11.8. The number of carbonyl (C=O) groups is 1. The van der Waals surface area contributed by atoms with Crippen LogP contribution in [-0.4, -0.2) is 35.5 Å². The number of nitrogens with one attached hydrogen (secondary N) is 2. The van der Waals surface area contributed by atoms with Crippen molar-refractivity contribution in [2.45, 2.75) is 51.3 Å². The number of carbonyl (C=O) groups excluding carboxylic acids is 1. The molecular formula is C13H26N2OS. The number of thioether (sulfide) groups is 1. The topological polar surface area (TPSA) is 41.1 Å². The summed E-state index contributed by atoms with van der Waals surface area (Å²) >= 11 is 2.02. The van der Waals surface area contributed by atoms with Crippen LogP contribution in [0, 0.1) is 5.92 Å². The molecule has 4 heteroatoms. The van der Waals surface area contributed by atoms with Crippen molar-refractivity contribution in [3.63, 3.8) is 0 Å². The number of rotatable bonds is 6. The minimum absolute atomic E-state index is 0.0909. The van der Waals surface area contributed by atoms with Gasteiger partial charge in [-0.05, 0) is 38.4 Å². The highest BCUT2D eigenvalue weighted by Crippen LogP contribution is 2.36. The van der Waals surface area contributed by atoms with E-state index in [0.717, 1.165) is 13.1 Å². The summed E-state index contributed by atoms with van der Waals surface area (Å²) in [6.07, 6.45) is 2.56. The van der Waals surface area contributed by atoms with Gasteiger partial charge in [-0.3, -0.25) is 4.79 Å². The van der Waals surface area contributed by atoms with Crippen LogP contribution in [0.5, 0.6) is 0 Å². The van der Waals surface area contributed by atoms with Crippen molar-refractivity contribution in [1.82, 2.24) is 10.6 Å². The zero-order valence-corrected chi connectivity index (χ0v) is 12.3. The van der Waals surface area contributed by atoms with Crippen molar-refractivity contribution >= 4 is 17.7 Å². The van der Waals surface area contributed by atoms with Gasteiger partial charge in [0.1, 0.15) is 0 Å². The molecule has 1 rings (SSSR count). The third kappa shape index (κ3) is 5.30. The third-order valence-corrected chi connectivity index (χ3v) is 4.70. The molecule has 1 amide bonds. The second-order valence-electron chi connectivity index (χ2n) is 5.64. The SMILES string of the molecule is CC(C)CNC(=O)C(C)NCC1(C)CCCS1. The maximum Gasteiger partial charge on any atom is 0.236 e. The number of hydrogen-bond donors (Lipinski definition) is 2. The van der Waals surface area contributed by atoms with Gasteiger partial charge in [-0.1, -0.05) is 13.8 Å². The van der Waals surface area contributed by atoms with Gasteiger partial charge < -0.3 is 10.6 Å². The molecule has 1 heterocycles. The molecule has 1 aliphatic rings. The first-order chi connectivity index (χ1) is 7.93. The Balaban J connectivity index is 2.23. The first kappa shape index (κ1) is 14.8. The van der Waals surface area contributed by atoms with Crippen molar-refractivity contribution in [3.05, 3.63) is 0 Å². The molecule has 3 nitrogen and oxygen atoms in total. The van der Waals surface area contributed by atoms with Crippen molar-refractivity contribution in [2.24, 2.45) is 5.92 Å². The quantitative estimate of drug-likeness (QED) is 0.766. The molecule has 0 aromatic rings. The molecule has 2 N–H and O–H groups in total. The van der Waals surface area contributed by atoms with E-state index in [2.05, 4.69) is 31.4 Å². The summed E-state index contributed by atoms with van der Waals surface area (Å²) in [5.74, 6) is 1.88. The van der Waals surface area contributed by atoms with Gasteiger partial charge >= 0.3 is 0 Å². The van der Waals surface area contributed by atoms with E-state index in [1.54, 1.807) is 0 Å². The Labute approximate surface area is 109 Å². The first-order valence-corrected chi connectivity index (χ1v) is 7.56. The van der Waals surface area contributed by atoms with Crippen LogP contribution < -0.4 is 10.6 Å². The van der Waals surface area contributed by atoms with Gasteiger partial charge in [-0.2, -0.15) is 11.8 Å². The zero-order valence-electron chi connectivity index (χ0n) is 11.5. The third-order valence-electron chi connectivity index (χ3n) is 3.16. The largest absolute Gasteiger partial charge is 0.354 e. The van der Waals surface area contributed by atoms with Crippen LogP contribution in [0.4, 0.5) is 0 Å². The molecule has 2 atom stereocenters. The molecule has 0 bridgehead atoms. The monoisotopic (exact) mass is 258 g/mol. The smallest absolute Gasteiger partial charge is 0.236 e. The lowest BCUT2D eigenvalue weighted by Gasteiger charge is -2.25. The molecule has 0 aliphatic carbocycles. The van der Waals surface area contributed by atoms with Crippen LogP contribution in [-0.2, 0) is 4.79 Å². The van der Waals surface area contributed by atoms with Gasteiger partial charge in [0.05, 0.1) is 6.04 Å². The Bertz CT molecular complexity index is 250. The van der Waals surface area contributed by atoms with Crippen LogP contribution in [0.25, 0.3) is 0 Å². The maximum absolute atomic E-state index is 11.8.